The molecule has 1 fully saturated rings. The summed E-state index contributed by atoms with van der Waals surface area (Å²) in [5, 5.41) is 0.554. The second kappa shape index (κ2) is 10.7. The van der Waals surface area contributed by atoms with E-state index in [9.17, 15) is 22.8 Å². The van der Waals surface area contributed by atoms with Crippen LogP contribution in [0.4, 0.5) is 18.3 Å². The van der Waals surface area contributed by atoms with E-state index in [1.807, 2.05) is 0 Å². The largest absolute Gasteiger partial charge is 0.493 e. The second-order valence-electron chi connectivity index (χ2n) is 8.74. The van der Waals surface area contributed by atoms with Gasteiger partial charge in [0.15, 0.2) is 16.5 Å². The number of benzene rings is 2. The van der Waals surface area contributed by atoms with Crippen molar-refractivity contribution in [2.45, 2.75) is 12.6 Å². The molecule has 200 valence electrons. The molecule has 38 heavy (non-hydrogen) atoms. The van der Waals surface area contributed by atoms with Gasteiger partial charge in [0.05, 0.1) is 36.1 Å². The lowest BCUT2D eigenvalue weighted by atomic mass is 10.1. The minimum Gasteiger partial charge on any atom is -0.493 e. The maximum Gasteiger partial charge on any atom is 0.418 e. The van der Waals surface area contributed by atoms with Crippen molar-refractivity contribution in [1.82, 2.24) is 9.88 Å². The number of thiazole rings is 1. The van der Waals surface area contributed by atoms with Gasteiger partial charge >= 0.3 is 11.8 Å². The van der Waals surface area contributed by atoms with Crippen LogP contribution in [0.1, 0.15) is 22.3 Å². The van der Waals surface area contributed by atoms with E-state index >= 15 is 0 Å². The Hall–Kier alpha value is -3.48. The molecule has 1 aliphatic rings. The van der Waals surface area contributed by atoms with Crippen LogP contribution >= 0.6 is 11.3 Å². The summed E-state index contributed by atoms with van der Waals surface area (Å²) in [6.45, 7) is 3.52. The number of ether oxygens (including phenoxy) is 2. The molecule has 1 amide bonds. The number of para-hydroxylation sites is 2. The Kier molecular flexibility index (Phi) is 7.37. The smallest absolute Gasteiger partial charge is 0.418 e. The van der Waals surface area contributed by atoms with Gasteiger partial charge in [0.25, 0.3) is 5.91 Å². The van der Waals surface area contributed by atoms with Gasteiger partial charge < -0.3 is 13.9 Å². The van der Waals surface area contributed by atoms with E-state index < -0.39 is 23.3 Å². The van der Waals surface area contributed by atoms with Gasteiger partial charge in [0.1, 0.15) is 5.56 Å². The maximum absolute atomic E-state index is 13.8. The third-order valence-electron chi connectivity index (χ3n) is 6.32. The zero-order valence-electron chi connectivity index (χ0n) is 20.4. The van der Waals surface area contributed by atoms with E-state index in [0.717, 1.165) is 30.5 Å². The number of hydrogen-bond acceptors (Lipinski definition) is 8. The van der Waals surface area contributed by atoms with Crippen LogP contribution in [0.5, 0.6) is 5.75 Å². The number of carbonyl (C=O) groups excluding carboxylic acids is 1. The summed E-state index contributed by atoms with van der Waals surface area (Å²) in [6.07, 6.45) is -4.09. The Balaban J connectivity index is 1.53. The van der Waals surface area contributed by atoms with Gasteiger partial charge in [-0.1, -0.05) is 29.5 Å². The van der Waals surface area contributed by atoms with Gasteiger partial charge in [-0.15, -0.1) is 0 Å². The SMILES string of the molecule is COc1cccc2cc(C(=O)N(CCCN3CCOCC3)c3nc4c(C(F)(F)F)cccc4s3)c(=O)oc12. The Labute approximate surface area is 219 Å². The molecule has 0 N–H and O–H groups in total. The first-order valence-electron chi connectivity index (χ1n) is 12.0. The van der Waals surface area contributed by atoms with Gasteiger partial charge in [-0.25, -0.2) is 9.78 Å². The van der Waals surface area contributed by atoms with Crippen molar-refractivity contribution in [2.24, 2.45) is 0 Å². The predicted molar refractivity (Wildman–Crippen MR) is 137 cm³/mol. The number of amides is 1. The van der Waals surface area contributed by atoms with E-state index in [1.54, 1.807) is 18.2 Å². The normalized spacial score (nSPS) is 14.7. The Morgan fingerprint density at radius 1 is 1.18 bits per heavy atom. The first kappa shape index (κ1) is 26.1. The second-order valence-corrected chi connectivity index (χ2v) is 9.75. The number of halogens is 3. The highest BCUT2D eigenvalue weighted by Gasteiger charge is 2.34. The quantitative estimate of drug-likeness (QED) is 0.307. The van der Waals surface area contributed by atoms with Gasteiger partial charge in [0, 0.05) is 31.6 Å². The lowest BCUT2D eigenvalue weighted by molar-refractivity contribution is -0.136. The number of morpholine rings is 1. The molecule has 12 heteroatoms. The number of hydrogen-bond donors (Lipinski definition) is 0. The molecule has 4 aromatic rings. The van der Waals surface area contributed by atoms with Crippen LogP contribution in [0.15, 0.2) is 51.7 Å². The fourth-order valence-electron chi connectivity index (χ4n) is 4.42. The van der Waals surface area contributed by atoms with Crippen molar-refractivity contribution in [1.29, 1.82) is 0 Å². The third kappa shape index (κ3) is 5.24. The number of methoxy groups -OCH3 is 1. The molecule has 0 saturated carbocycles. The first-order valence-corrected chi connectivity index (χ1v) is 12.8. The standard InChI is InChI=1S/C26H24F3N3O5S/c1-35-19-7-2-5-16-15-17(24(34)37-22(16)19)23(33)32(10-4-9-31-11-13-36-14-12-31)25-30-21-18(26(27,28)29)6-3-8-20(21)38-25/h2-3,5-8,15H,4,9-14H2,1H3. The molecule has 0 atom stereocenters. The first-order chi connectivity index (χ1) is 18.3. The van der Waals surface area contributed by atoms with Crippen LogP contribution in [0.3, 0.4) is 0 Å². The molecule has 2 aromatic heterocycles. The zero-order valence-corrected chi connectivity index (χ0v) is 21.2. The molecular formula is C26H24F3N3O5S. The van der Waals surface area contributed by atoms with Crippen molar-refractivity contribution >= 4 is 43.6 Å². The highest BCUT2D eigenvalue weighted by molar-refractivity contribution is 7.22. The molecule has 2 aromatic carbocycles. The highest BCUT2D eigenvalue weighted by Crippen LogP contribution is 2.38. The van der Waals surface area contributed by atoms with E-state index in [-0.39, 0.29) is 33.0 Å². The molecule has 0 unspecified atom stereocenters. The average molecular weight is 548 g/mol. The lowest BCUT2D eigenvalue weighted by Crippen LogP contribution is -2.40. The number of alkyl halides is 3. The topological polar surface area (TPSA) is 85.1 Å². The van der Waals surface area contributed by atoms with Crippen LogP contribution < -0.4 is 15.3 Å². The number of carbonyl (C=O) groups is 1. The van der Waals surface area contributed by atoms with Crippen LogP contribution in [0.25, 0.3) is 21.2 Å². The number of aromatic nitrogens is 1. The van der Waals surface area contributed by atoms with Crippen molar-refractivity contribution in [3.8, 4) is 5.75 Å². The lowest BCUT2D eigenvalue weighted by Gasteiger charge is -2.27. The fourth-order valence-corrected chi connectivity index (χ4v) is 5.43. The van der Waals surface area contributed by atoms with E-state index in [1.165, 1.54) is 30.2 Å². The predicted octanol–water partition coefficient (Wildman–Crippen LogP) is 4.80. The summed E-state index contributed by atoms with van der Waals surface area (Å²) in [7, 11) is 1.44. The third-order valence-corrected chi connectivity index (χ3v) is 7.37. The van der Waals surface area contributed by atoms with E-state index in [2.05, 4.69) is 9.88 Å². The Morgan fingerprint density at radius 2 is 1.95 bits per heavy atom. The maximum atomic E-state index is 13.8. The van der Waals surface area contributed by atoms with Crippen LogP contribution in [0.2, 0.25) is 0 Å². The fraction of sp³-hybridized carbons (Fsp3) is 0.346. The van der Waals surface area contributed by atoms with Gasteiger partial charge in [0.2, 0.25) is 0 Å². The molecule has 5 rings (SSSR count). The van der Waals surface area contributed by atoms with E-state index in [0.29, 0.717) is 37.3 Å². The number of fused-ring (bicyclic) bond motifs is 2. The van der Waals surface area contributed by atoms with Crippen LogP contribution in [0, 0.1) is 0 Å². The number of rotatable bonds is 7. The molecular weight excluding hydrogens is 523 g/mol. The summed E-state index contributed by atoms with van der Waals surface area (Å²) in [4.78, 5) is 34.3. The molecule has 3 heterocycles. The zero-order chi connectivity index (χ0) is 26.9. The minimum atomic E-state index is -4.60. The van der Waals surface area contributed by atoms with Crippen molar-refractivity contribution < 1.29 is 31.9 Å². The van der Waals surface area contributed by atoms with Crippen LogP contribution in [-0.4, -0.2) is 62.3 Å². The Bertz CT molecular complexity index is 1530. The summed E-state index contributed by atoms with van der Waals surface area (Å²) >= 11 is 0.968. The van der Waals surface area contributed by atoms with Crippen molar-refractivity contribution in [3.05, 3.63) is 64.0 Å². The summed E-state index contributed by atoms with van der Waals surface area (Å²) in [6, 6.07) is 10.2. The van der Waals surface area contributed by atoms with Gasteiger partial charge in [-0.05, 0) is 30.7 Å². The number of nitrogens with zero attached hydrogens (tertiary/aromatic N) is 3. The van der Waals surface area contributed by atoms with E-state index in [4.69, 9.17) is 13.9 Å². The Morgan fingerprint density at radius 3 is 2.68 bits per heavy atom. The van der Waals surface area contributed by atoms with Gasteiger partial charge in [-0.2, -0.15) is 13.2 Å². The summed E-state index contributed by atoms with van der Waals surface area (Å²) < 4.78 is 57.2. The minimum absolute atomic E-state index is 0.0776. The molecule has 0 radical (unpaired) electrons. The van der Waals surface area contributed by atoms with Crippen LogP contribution in [-0.2, 0) is 10.9 Å². The summed E-state index contributed by atoms with van der Waals surface area (Å²) in [5.41, 5.74) is -2.03. The molecule has 1 aliphatic heterocycles. The molecule has 0 aliphatic carbocycles. The van der Waals surface area contributed by atoms with Gasteiger partial charge in [-0.3, -0.25) is 14.6 Å². The molecule has 0 spiro atoms. The molecule has 1 saturated heterocycles. The highest BCUT2D eigenvalue weighted by atomic mass is 32.1. The van der Waals surface area contributed by atoms with Crippen molar-refractivity contribution in [3.63, 3.8) is 0 Å². The molecule has 0 bridgehead atoms. The summed E-state index contributed by atoms with van der Waals surface area (Å²) in [5.74, 6) is -0.357. The average Bonchev–Trinajstić information content (AvgIpc) is 3.34. The number of anilines is 1. The van der Waals surface area contributed by atoms with Crippen molar-refractivity contribution in [2.75, 3.05) is 51.4 Å². The monoisotopic (exact) mass is 547 g/mol. The molecule has 8 nitrogen and oxygen atoms in total.